The average molecular weight is 491 g/mol. The molecular formula is C24H15ClF4N2O3. The van der Waals surface area contributed by atoms with Crippen LogP contribution in [0.3, 0.4) is 0 Å². The Morgan fingerprint density at radius 2 is 1.53 bits per heavy atom. The summed E-state index contributed by atoms with van der Waals surface area (Å²) in [7, 11) is 0. The smallest absolute Gasteiger partial charge is 0.273 e. The van der Waals surface area contributed by atoms with E-state index in [2.05, 4.69) is 0 Å². The average Bonchev–Trinajstić information content (AvgIpc) is 3.31. The second kappa shape index (κ2) is 8.11. The molecule has 2 amide bonds. The van der Waals surface area contributed by atoms with Crippen LogP contribution in [0, 0.1) is 11.7 Å². The Morgan fingerprint density at radius 1 is 0.853 bits per heavy atom. The zero-order valence-corrected chi connectivity index (χ0v) is 17.9. The van der Waals surface area contributed by atoms with Crippen molar-refractivity contribution in [3.8, 4) is 0 Å². The van der Waals surface area contributed by atoms with E-state index in [0.29, 0.717) is 22.2 Å². The molecule has 0 N–H and O–H groups in total. The van der Waals surface area contributed by atoms with Gasteiger partial charge in [-0.05, 0) is 48.0 Å². The van der Waals surface area contributed by atoms with E-state index >= 15 is 0 Å². The van der Waals surface area contributed by atoms with Crippen LogP contribution in [-0.2, 0) is 20.6 Å². The summed E-state index contributed by atoms with van der Waals surface area (Å²) in [6.45, 7) is 0. The van der Waals surface area contributed by atoms with Crippen molar-refractivity contribution in [2.45, 2.75) is 18.3 Å². The van der Waals surface area contributed by atoms with Crippen LogP contribution in [0.2, 0.25) is 5.02 Å². The van der Waals surface area contributed by atoms with Gasteiger partial charge in [-0.15, -0.1) is 0 Å². The molecule has 0 aromatic heterocycles. The van der Waals surface area contributed by atoms with Gasteiger partial charge in [0.15, 0.2) is 6.10 Å². The fraction of sp³-hybridized carbons (Fsp3) is 0.167. The lowest BCUT2D eigenvalue weighted by Crippen LogP contribution is -2.37. The lowest BCUT2D eigenvalue weighted by molar-refractivity contribution is -0.137. The third-order valence-corrected chi connectivity index (χ3v) is 6.18. The topological polar surface area (TPSA) is 49.9 Å². The predicted molar refractivity (Wildman–Crippen MR) is 115 cm³/mol. The molecule has 3 atom stereocenters. The number of carbonyl (C=O) groups is 2. The number of hydrogen-bond donors (Lipinski definition) is 0. The van der Waals surface area contributed by atoms with Crippen molar-refractivity contribution in [3.63, 3.8) is 0 Å². The van der Waals surface area contributed by atoms with E-state index in [1.807, 2.05) is 0 Å². The van der Waals surface area contributed by atoms with E-state index in [1.165, 1.54) is 35.4 Å². The summed E-state index contributed by atoms with van der Waals surface area (Å²) in [5, 5.41) is 0.866. The summed E-state index contributed by atoms with van der Waals surface area (Å²) in [5.41, 5.74) is -0.350. The summed E-state index contributed by atoms with van der Waals surface area (Å²) in [4.78, 5) is 33.3. The lowest BCUT2D eigenvalue weighted by Gasteiger charge is -2.29. The van der Waals surface area contributed by atoms with Gasteiger partial charge in [0.05, 0.1) is 28.0 Å². The summed E-state index contributed by atoms with van der Waals surface area (Å²) >= 11 is 5.69. The quantitative estimate of drug-likeness (QED) is 0.357. The van der Waals surface area contributed by atoms with Crippen molar-refractivity contribution in [1.82, 2.24) is 0 Å². The number of carbonyl (C=O) groups excluding carboxylic acids is 2. The van der Waals surface area contributed by atoms with Crippen LogP contribution in [0.5, 0.6) is 0 Å². The number of imide groups is 1. The number of anilines is 2. The Morgan fingerprint density at radius 3 is 2.18 bits per heavy atom. The fourth-order valence-electron chi connectivity index (χ4n) is 4.34. The summed E-state index contributed by atoms with van der Waals surface area (Å²) in [6.07, 6.45) is -6.04. The molecule has 5 rings (SSSR count). The Balaban J connectivity index is 1.57. The highest BCUT2D eigenvalue weighted by atomic mass is 35.5. The van der Waals surface area contributed by atoms with Gasteiger partial charge in [0, 0.05) is 0 Å². The minimum atomic E-state index is -4.77. The molecule has 0 aliphatic carbocycles. The molecule has 0 bridgehead atoms. The Kier molecular flexibility index (Phi) is 5.33. The molecule has 2 aliphatic heterocycles. The molecule has 0 unspecified atom stereocenters. The van der Waals surface area contributed by atoms with E-state index in [0.717, 1.165) is 6.07 Å². The number of hydrogen-bond acceptors (Lipinski definition) is 4. The number of nitrogens with zero attached hydrogens (tertiary/aromatic N) is 2. The van der Waals surface area contributed by atoms with E-state index in [-0.39, 0.29) is 5.69 Å². The highest BCUT2D eigenvalue weighted by Gasteiger charge is 2.60. The van der Waals surface area contributed by atoms with Crippen molar-refractivity contribution in [2.75, 3.05) is 9.96 Å². The van der Waals surface area contributed by atoms with E-state index in [9.17, 15) is 27.2 Å². The van der Waals surface area contributed by atoms with Gasteiger partial charge in [-0.1, -0.05) is 41.9 Å². The first-order valence-electron chi connectivity index (χ1n) is 10.2. The summed E-state index contributed by atoms with van der Waals surface area (Å²) in [5.74, 6) is -3.07. The Hall–Kier alpha value is -3.43. The number of hydroxylamine groups is 1. The van der Waals surface area contributed by atoms with Gasteiger partial charge in [0.2, 0.25) is 5.91 Å². The van der Waals surface area contributed by atoms with Gasteiger partial charge in [-0.2, -0.15) is 13.2 Å². The number of halogens is 5. The molecular weight excluding hydrogens is 476 g/mol. The third kappa shape index (κ3) is 3.61. The first-order chi connectivity index (χ1) is 16.2. The standard InChI is InChI=1S/C24H15ClF4N2O3/c25-18-11-10-16(12-17(18)24(27,28)29)30-22(32)19-20(13-6-8-14(26)9-7-13)31(34-21(19)23(30)33)15-4-2-1-3-5-15/h1-12,19-21H/t19-,20-,21-/m0/s1. The maximum absolute atomic E-state index is 13.6. The lowest BCUT2D eigenvalue weighted by atomic mass is 9.90. The number of amides is 2. The molecule has 3 aromatic rings. The molecule has 34 heavy (non-hydrogen) atoms. The monoisotopic (exact) mass is 490 g/mol. The number of benzene rings is 3. The van der Waals surface area contributed by atoms with E-state index < -0.39 is 52.5 Å². The van der Waals surface area contributed by atoms with Crippen LogP contribution in [-0.4, -0.2) is 17.9 Å². The zero-order chi connectivity index (χ0) is 24.2. The first kappa shape index (κ1) is 22.4. The second-order valence-corrected chi connectivity index (χ2v) is 8.29. The molecule has 5 nitrogen and oxygen atoms in total. The van der Waals surface area contributed by atoms with Crippen LogP contribution in [0.15, 0.2) is 72.8 Å². The Labute approximate surface area is 196 Å². The molecule has 0 saturated carbocycles. The van der Waals surface area contributed by atoms with Crippen LogP contribution in [0.4, 0.5) is 28.9 Å². The second-order valence-electron chi connectivity index (χ2n) is 7.88. The maximum Gasteiger partial charge on any atom is 0.417 e. The number of alkyl halides is 3. The highest BCUT2D eigenvalue weighted by Crippen LogP contribution is 2.48. The van der Waals surface area contributed by atoms with Gasteiger partial charge in [0.25, 0.3) is 5.91 Å². The van der Waals surface area contributed by atoms with E-state index in [1.54, 1.807) is 30.3 Å². The summed E-state index contributed by atoms with van der Waals surface area (Å²) in [6, 6.07) is 16.1. The van der Waals surface area contributed by atoms with Crippen molar-refractivity contribution < 1.29 is 32.0 Å². The highest BCUT2D eigenvalue weighted by molar-refractivity contribution is 6.31. The molecule has 2 aliphatic rings. The largest absolute Gasteiger partial charge is 0.417 e. The molecule has 3 aromatic carbocycles. The molecule has 2 saturated heterocycles. The van der Waals surface area contributed by atoms with E-state index in [4.69, 9.17) is 16.4 Å². The van der Waals surface area contributed by atoms with Gasteiger partial charge in [-0.3, -0.25) is 14.4 Å². The SMILES string of the molecule is O=C1[C@@H]2[C@H](ON(c3ccccc3)[C@H]2c2ccc(F)cc2)C(=O)N1c1ccc(Cl)c(C(F)(F)F)c1. The number of fused-ring (bicyclic) bond motifs is 1. The molecule has 2 heterocycles. The molecule has 10 heteroatoms. The van der Waals surface area contributed by atoms with Crippen LogP contribution < -0.4 is 9.96 Å². The first-order valence-corrected chi connectivity index (χ1v) is 10.6. The normalized spacial score (nSPS) is 22.4. The van der Waals surface area contributed by atoms with Crippen LogP contribution in [0.1, 0.15) is 17.2 Å². The van der Waals surface area contributed by atoms with Crippen LogP contribution >= 0.6 is 11.6 Å². The van der Waals surface area contributed by atoms with Crippen LogP contribution in [0.25, 0.3) is 0 Å². The van der Waals surface area contributed by atoms with Gasteiger partial charge in [-0.25, -0.2) is 14.4 Å². The van der Waals surface area contributed by atoms with Crippen molar-refractivity contribution in [1.29, 1.82) is 0 Å². The third-order valence-electron chi connectivity index (χ3n) is 5.85. The number of rotatable bonds is 3. The van der Waals surface area contributed by atoms with Crippen molar-refractivity contribution in [3.05, 3.63) is 94.8 Å². The minimum absolute atomic E-state index is 0.256. The van der Waals surface area contributed by atoms with Crippen molar-refractivity contribution in [2.24, 2.45) is 5.92 Å². The molecule has 174 valence electrons. The van der Waals surface area contributed by atoms with Gasteiger partial charge in [0.1, 0.15) is 11.7 Å². The molecule has 0 radical (unpaired) electrons. The van der Waals surface area contributed by atoms with Gasteiger partial charge < -0.3 is 0 Å². The molecule has 0 spiro atoms. The van der Waals surface area contributed by atoms with Crippen molar-refractivity contribution >= 4 is 34.8 Å². The molecule has 2 fully saturated rings. The fourth-order valence-corrected chi connectivity index (χ4v) is 4.56. The zero-order valence-electron chi connectivity index (χ0n) is 17.2. The number of para-hydroxylation sites is 1. The van der Waals surface area contributed by atoms with Gasteiger partial charge >= 0.3 is 6.18 Å². The predicted octanol–water partition coefficient (Wildman–Crippen LogP) is 5.55. The minimum Gasteiger partial charge on any atom is -0.273 e. The maximum atomic E-state index is 13.6. The summed E-state index contributed by atoms with van der Waals surface area (Å²) < 4.78 is 53.7. The Bertz CT molecular complexity index is 1270.